The van der Waals surface area contributed by atoms with E-state index in [1.165, 1.54) is 40.6 Å². The molecule has 6 fully saturated rings. The molecule has 3 aromatic heterocycles. The SMILES string of the molecule is C#Cc1c(F)ccc2cc(O)cc(-c3ncc4c(N5CCCCC5)nc(OC[C@@]56CCCN5[C@H](COC(=O)N5CCC(CN7CCC(c8ccc9c(c8)n(C)c(=O)n9C8CCC(=O)NC8=O)CC7)CC5)CC6)nc4c3F)c12. The van der Waals surface area contributed by atoms with Gasteiger partial charge in [-0.15, -0.1) is 6.42 Å². The Morgan fingerprint density at radius 2 is 1.70 bits per heavy atom. The zero-order valence-corrected chi connectivity index (χ0v) is 43.4. The minimum atomic E-state index is -0.761. The first-order chi connectivity index (χ1) is 37.4. The van der Waals surface area contributed by atoms with Crippen LogP contribution in [0.15, 0.2) is 53.5 Å². The summed E-state index contributed by atoms with van der Waals surface area (Å²) >= 11 is 0. The average molecular weight is 1050 g/mol. The van der Waals surface area contributed by atoms with Crippen LogP contribution in [0.2, 0.25) is 0 Å². The second-order valence-corrected chi connectivity index (χ2v) is 22.2. The van der Waals surface area contributed by atoms with Crippen LogP contribution in [0.3, 0.4) is 0 Å². The summed E-state index contributed by atoms with van der Waals surface area (Å²) in [4.78, 5) is 74.4. The van der Waals surface area contributed by atoms with E-state index >= 15 is 8.78 Å². The number of ether oxygens (including phenoxy) is 2. The first kappa shape index (κ1) is 50.6. The first-order valence-corrected chi connectivity index (χ1v) is 27.5. The van der Waals surface area contributed by atoms with E-state index in [1.807, 2.05) is 11.0 Å². The van der Waals surface area contributed by atoms with Gasteiger partial charge in [0.15, 0.2) is 5.82 Å². The molecule has 12 rings (SSSR count). The number of hydrogen-bond acceptors (Lipinski definition) is 13. The third-order valence-corrected chi connectivity index (χ3v) is 17.7. The number of phenolic OH excluding ortho intramolecular Hbond substituents is 1. The highest BCUT2D eigenvalue weighted by Gasteiger charge is 2.50. The number of terminal acetylenes is 1. The third kappa shape index (κ3) is 9.40. The molecule has 6 aliphatic rings. The van der Waals surface area contributed by atoms with Crippen molar-refractivity contribution in [2.75, 3.05) is 70.5 Å². The fourth-order valence-electron chi connectivity index (χ4n) is 13.6. The average Bonchev–Trinajstić information content (AvgIpc) is 4.19. The predicted octanol–water partition coefficient (Wildman–Crippen LogP) is 7.54. The molecule has 3 amide bonds. The molecule has 1 unspecified atom stereocenters. The predicted molar refractivity (Wildman–Crippen MR) is 286 cm³/mol. The zero-order valence-electron chi connectivity index (χ0n) is 43.4. The van der Waals surface area contributed by atoms with Gasteiger partial charge in [0.1, 0.15) is 47.9 Å². The van der Waals surface area contributed by atoms with Gasteiger partial charge in [0.25, 0.3) is 0 Å². The molecule has 0 radical (unpaired) electrons. The van der Waals surface area contributed by atoms with Crippen LogP contribution in [-0.4, -0.2) is 139 Å². The van der Waals surface area contributed by atoms with E-state index in [2.05, 4.69) is 48.0 Å². The van der Waals surface area contributed by atoms with Crippen LogP contribution >= 0.6 is 0 Å². The van der Waals surface area contributed by atoms with Gasteiger partial charge in [-0.1, -0.05) is 18.1 Å². The van der Waals surface area contributed by atoms with Gasteiger partial charge in [-0.05, 0) is 150 Å². The summed E-state index contributed by atoms with van der Waals surface area (Å²) in [5, 5.41) is 14.2. The minimum absolute atomic E-state index is 0.00217. The molecule has 0 spiro atoms. The molecule has 6 aliphatic heterocycles. The number of piperidine rings is 4. The molecule has 19 heteroatoms. The number of aryl methyl sites for hydroxylation is 1. The molecule has 0 bridgehead atoms. The van der Waals surface area contributed by atoms with Gasteiger partial charge in [-0.25, -0.2) is 18.4 Å². The van der Waals surface area contributed by atoms with Crippen molar-refractivity contribution >= 4 is 56.4 Å². The summed E-state index contributed by atoms with van der Waals surface area (Å²) in [7, 11) is 1.73. The van der Waals surface area contributed by atoms with Crippen molar-refractivity contribution in [3.05, 3.63) is 81.9 Å². The quantitative estimate of drug-likeness (QED) is 0.0961. The first-order valence-electron chi connectivity index (χ1n) is 27.5. The zero-order chi connectivity index (χ0) is 53.1. The van der Waals surface area contributed by atoms with Gasteiger partial charge >= 0.3 is 17.8 Å². The summed E-state index contributed by atoms with van der Waals surface area (Å²) in [5.74, 6) is 1.48. The number of rotatable bonds is 11. The van der Waals surface area contributed by atoms with Crippen LogP contribution in [0, 0.1) is 29.9 Å². The lowest BCUT2D eigenvalue weighted by Gasteiger charge is -2.38. The number of anilines is 1. The molecule has 0 saturated carbocycles. The number of nitrogens with zero attached hydrogens (tertiary/aromatic N) is 9. The van der Waals surface area contributed by atoms with Gasteiger partial charge in [0, 0.05) is 69.4 Å². The Labute approximate surface area is 444 Å². The van der Waals surface area contributed by atoms with Crippen LogP contribution in [0.1, 0.15) is 107 Å². The summed E-state index contributed by atoms with van der Waals surface area (Å²) in [6, 6.07) is 11.0. The number of imidazole rings is 1. The molecule has 9 heterocycles. The summed E-state index contributed by atoms with van der Waals surface area (Å²) < 4.78 is 47.9. The summed E-state index contributed by atoms with van der Waals surface area (Å²) in [6.07, 6.45) is 17.9. The van der Waals surface area contributed by atoms with Crippen LogP contribution in [0.4, 0.5) is 19.4 Å². The molecule has 0 aliphatic carbocycles. The normalized spacial score (nSPS) is 23.0. The minimum Gasteiger partial charge on any atom is -0.508 e. The summed E-state index contributed by atoms with van der Waals surface area (Å²) in [6.45, 7) is 7.09. The number of amides is 3. The largest absolute Gasteiger partial charge is 0.508 e. The Hall–Kier alpha value is -7.17. The fraction of sp³-hybridized carbons (Fsp3) is 0.500. The number of aromatic nitrogens is 5. The topological polar surface area (TPSA) is 180 Å². The van der Waals surface area contributed by atoms with E-state index in [0.29, 0.717) is 53.5 Å². The van der Waals surface area contributed by atoms with Crippen molar-refractivity contribution < 1.29 is 37.7 Å². The number of likely N-dealkylation sites (tertiary alicyclic amines) is 2. The molecular weight excluding hydrogens is 987 g/mol. The second kappa shape index (κ2) is 20.7. The number of hydrogen-bond donors (Lipinski definition) is 2. The fourth-order valence-corrected chi connectivity index (χ4v) is 13.6. The maximum Gasteiger partial charge on any atom is 0.409 e. The number of pyridine rings is 1. The van der Waals surface area contributed by atoms with Crippen LogP contribution < -0.4 is 20.6 Å². The van der Waals surface area contributed by atoms with Crippen molar-refractivity contribution in [3.8, 4) is 35.4 Å². The number of fused-ring (bicyclic) bond motifs is 4. The van der Waals surface area contributed by atoms with Gasteiger partial charge in [0.05, 0.1) is 27.5 Å². The van der Waals surface area contributed by atoms with E-state index < -0.39 is 23.6 Å². The molecule has 6 saturated heterocycles. The Balaban J connectivity index is 0.655. The number of benzene rings is 3. The van der Waals surface area contributed by atoms with E-state index in [0.717, 1.165) is 115 Å². The second-order valence-electron chi connectivity index (χ2n) is 22.2. The van der Waals surface area contributed by atoms with Crippen molar-refractivity contribution in [1.29, 1.82) is 0 Å². The van der Waals surface area contributed by atoms with Crippen LogP contribution in [0.5, 0.6) is 11.8 Å². The van der Waals surface area contributed by atoms with Crippen LogP contribution in [-0.2, 0) is 21.4 Å². The number of carbonyl (C=O) groups is 3. The van der Waals surface area contributed by atoms with Crippen molar-refractivity contribution in [1.82, 2.24) is 44.1 Å². The lowest BCUT2D eigenvalue weighted by molar-refractivity contribution is -0.135. The Morgan fingerprint density at radius 1 is 0.896 bits per heavy atom. The van der Waals surface area contributed by atoms with E-state index in [1.54, 1.807) is 11.6 Å². The van der Waals surface area contributed by atoms with E-state index in [4.69, 9.17) is 20.9 Å². The van der Waals surface area contributed by atoms with Gasteiger partial charge in [-0.2, -0.15) is 9.97 Å². The Morgan fingerprint density at radius 3 is 2.48 bits per heavy atom. The van der Waals surface area contributed by atoms with Gasteiger partial charge in [-0.3, -0.25) is 33.9 Å². The summed E-state index contributed by atoms with van der Waals surface area (Å²) in [5.41, 5.74) is 2.05. The number of nitrogens with one attached hydrogen (secondary N) is 1. The van der Waals surface area contributed by atoms with Crippen LogP contribution in [0.25, 0.3) is 44.0 Å². The lowest BCUT2D eigenvalue weighted by atomic mass is 9.88. The molecule has 2 N–H and O–H groups in total. The highest BCUT2D eigenvalue weighted by molar-refractivity contribution is 6.03. The maximum absolute atomic E-state index is 17.1. The maximum atomic E-state index is 17.1. The molecule has 3 atom stereocenters. The van der Waals surface area contributed by atoms with Crippen molar-refractivity contribution in [2.24, 2.45) is 13.0 Å². The third-order valence-electron chi connectivity index (χ3n) is 17.7. The van der Waals surface area contributed by atoms with Crippen molar-refractivity contribution in [2.45, 2.75) is 107 Å². The van der Waals surface area contributed by atoms with Crippen molar-refractivity contribution in [3.63, 3.8) is 0 Å². The monoisotopic (exact) mass is 1050 g/mol. The molecular formula is C58H64F2N10O7. The molecule has 17 nitrogen and oxygen atoms in total. The number of phenols is 1. The van der Waals surface area contributed by atoms with Gasteiger partial charge in [0.2, 0.25) is 11.8 Å². The Bertz CT molecular complexity index is 3430. The number of halogens is 2. The Kier molecular flexibility index (Phi) is 13.6. The molecule has 3 aromatic carbocycles. The lowest BCUT2D eigenvalue weighted by Crippen LogP contribution is -2.48. The number of imide groups is 1. The molecule has 402 valence electrons. The smallest absolute Gasteiger partial charge is 0.409 e. The molecule has 77 heavy (non-hydrogen) atoms. The van der Waals surface area contributed by atoms with E-state index in [9.17, 15) is 24.3 Å². The molecule has 6 aromatic rings. The van der Waals surface area contributed by atoms with E-state index in [-0.39, 0.29) is 88.4 Å². The number of carbonyl (C=O) groups excluding carboxylic acids is 3. The standard InChI is InChI=1S/C58H64F2N10O7/c1-3-41-44(59)10-8-38-28-40(71)30-42(49(38)41)51-50(60)52-43(31-61-51)53(67-21-5-4-6-22-67)64-55(63-52)77-34-58-19-7-23-69(58)39(14-20-58)33-76-57(75)68-26-15-35(16-27-68)32-66-24-17-36(18-25-66)37-9-11-45-47(29-37)65(2)56(74)70(45)46-12-13-48(72)62-54(46)73/h1,8-11,28-31,35-36,39,46,71H,4-7,12-27,32-34H2,2H3,(H,62,72,73)/t39-,46?,58-/m0/s1. The number of aromatic hydroxyl groups is 1. The van der Waals surface area contributed by atoms with Gasteiger partial charge < -0.3 is 29.3 Å². The highest BCUT2D eigenvalue weighted by Crippen LogP contribution is 2.44. The highest BCUT2D eigenvalue weighted by atomic mass is 19.1.